The van der Waals surface area contributed by atoms with E-state index in [0.717, 1.165) is 53.2 Å². The Morgan fingerprint density at radius 2 is 1.94 bits per heavy atom. The number of amides is 1. The number of aryl methyl sites for hydroxylation is 1. The molecule has 0 bridgehead atoms. The summed E-state index contributed by atoms with van der Waals surface area (Å²) >= 11 is 18.7. The first kappa shape index (κ1) is 24.9. The standard InChI is InChI=1S/C27H26Cl3N5O/c1-17-14-32-35-25(13-24(33-27(17)35)21-6-2-3-7-22(21)29)31-15-18-5-4-10-34(16-18)26(36)11-19-8-9-20(28)12-23(19)30/h2-3,6-9,12-14,18,31H,4-5,10-11,15-16H2,1H3. The molecule has 0 radical (unpaired) electrons. The highest BCUT2D eigenvalue weighted by molar-refractivity contribution is 6.35. The number of anilines is 1. The van der Waals surface area contributed by atoms with Crippen LogP contribution in [0.15, 0.2) is 54.7 Å². The minimum absolute atomic E-state index is 0.0823. The molecule has 1 unspecified atom stereocenters. The van der Waals surface area contributed by atoms with Gasteiger partial charge in [0.25, 0.3) is 0 Å². The molecule has 0 spiro atoms. The Balaban J connectivity index is 1.30. The number of nitrogens with zero attached hydrogens (tertiary/aromatic N) is 4. The summed E-state index contributed by atoms with van der Waals surface area (Å²) in [6.45, 7) is 4.16. The number of carbonyl (C=O) groups is 1. The van der Waals surface area contributed by atoms with Crippen LogP contribution in [0.25, 0.3) is 16.9 Å². The second-order valence-electron chi connectivity index (χ2n) is 9.21. The van der Waals surface area contributed by atoms with Gasteiger partial charge in [-0.05, 0) is 49.4 Å². The van der Waals surface area contributed by atoms with Crippen LogP contribution in [0.1, 0.15) is 24.0 Å². The Hall–Kier alpha value is -2.80. The van der Waals surface area contributed by atoms with E-state index in [0.29, 0.717) is 34.1 Å². The number of hydrogen-bond donors (Lipinski definition) is 1. The van der Waals surface area contributed by atoms with Crippen LogP contribution in [0, 0.1) is 12.8 Å². The van der Waals surface area contributed by atoms with Gasteiger partial charge in [-0.1, -0.05) is 59.1 Å². The van der Waals surface area contributed by atoms with Gasteiger partial charge in [0.1, 0.15) is 5.82 Å². The third-order valence-corrected chi connectivity index (χ3v) is 7.51. The smallest absolute Gasteiger partial charge is 0.227 e. The van der Waals surface area contributed by atoms with E-state index in [9.17, 15) is 4.79 Å². The Bertz CT molecular complexity index is 1420. The lowest BCUT2D eigenvalue weighted by Gasteiger charge is -2.33. The van der Waals surface area contributed by atoms with Crippen molar-refractivity contribution >= 4 is 52.2 Å². The van der Waals surface area contributed by atoms with Crippen molar-refractivity contribution in [2.24, 2.45) is 5.92 Å². The molecule has 186 valence electrons. The van der Waals surface area contributed by atoms with E-state index in [2.05, 4.69) is 10.4 Å². The zero-order valence-corrected chi connectivity index (χ0v) is 22.1. The van der Waals surface area contributed by atoms with Crippen LogP contribution in [-0.2, 0) is 11.2 Å². The fourth-order valence-electron chi connectivity index (χ4n) is 4.65. The number of benzene rings is 2. The number of hydrogen-bond acceptors (Lipinski definition) is 4. The molecule has 1 amide bonds. The summed E-state index contributed by atoms with van der Waals surface area (Å²) in [5.74, 6) is 1.24. The highest BCUT2D eigenvalue weighted by atomic mass is 35.5. The maximum absolute atomic E-state index is 13.0. The van der Waals surface area contributed by atoms with Crippen molar-refractivity contribution in [1.29, 1.82) is 0 Å². The van der Waals surface area contributed by atoms with Gasteiger partial charge >= 0.3 is 0 Å². The van der Waals surface area contributed by atoms with Crippen LogP contribution in [0.2, 0.25) is 15.1 Å². The molecule has 1 aliphatic heterocycles. The molecule has 9 heteroatoms. The van der Waals surface area contributed by atoms with Crippen molar-refractivity contribution < 1.29 is 4.79 Å². The lowest BCUT2D eigenvalue weighted by molar-refractivity contribution is -0.132. The molecular weight excluding hydrogens is 517 g/mol. The number of rotatable bonds is 6. The van der Waals surface area contributed by atoms with Gasteiger partial charge in [0, 0.05) is 51.9 Å². The minimum Gasteiger partial charge on any atom is -0.370 e. The molecule has 36 heavy (non-hydrogen) atoms. The van der Waals surface area contributed by atoms with E-state index in [4.69, 9.17) is 39.8 Å². The minimum atomic E-state index is 0.0823. The lowest BCUT2D eigenvalue weighted by Crippen LogP contribution is -2.42. The fraction of sp³-hybridized carbons (Fsp3) is 0.296. The van der Waals surface area contributed by atoms with Crippen molar-refractivity contribution in [2.45, 2.75) is 26.2 Å². The molecule has 4 aromatic rings. The predicted octanol–water partition coefficient (Wildman–Crippen LogP) is 6.56. The Labute approximate surface area is 225 Å². The second-order valence-corrected chi connectivity index (χ2v) is 10.5. The van der Waals surface area contributed by atoms with E-state index in [1.165, 1.54) is 0 Å². The number of piperidine rings is 1. The van der Waals surface area contributed by atoms with Crippen molar-refractivity contribution in [3.63, 3.8) is 0 Å². The lowest BCUT2D eigenvalue weighted by atomic mass is 9.97. The molecule has 6 nitrogen and oxygen atoms in total. The van der Waals surface area contributed by atoms with Gasteiger partial charge in [-0.15, -0.1) is 0 Å². The first-order valence-corrected chi connectivity index (χ1v) is 13.1. The average molecular weight is 543 g/mol. The summed E-state index contributed by atoms with van der Waals surface area (Å²) in [6, 6.07) is 14.9. The Morgan fingerprint density at radius 3 is 2.75 bits per heavy atom. The molecular formula is C27H26Cl3N5O. The van der Waals surface area contributed by atoms with Crippen molar-refractivity contribution in [2.75, 3.05) is 25.0 Å². The summed E-state index contributed by atoms with van der Waals surface area (Å²) in [5, 5.41) is 9.83. The Kier molecular flexibility index (Phi) is 7.37. The van der Waals surface area contributed by atoms with Crippen molar-refractivity contribution in [3.05, 3.63) is 80.9 Å². The maximum atomic E-state index is 13.0. The van der Waals surface area contributed by atoms with Crippen LogP contribution in [0.5, 0.6) is 0 Å². The molecule has 2 aromatic carbocycles. The Morgan fingerprint density at radius 1 is 1.11 bits per heavy atom. The molecule has 1 saturated heterocycles. The molecule has 0 saturated carbocycles. The largest absolute Gasteiger partial charge is 0.370 e. The summed E-state index contributed by atoms with van der Waals surface area (Å²) < 4.78 is 1.82. The molecule has 1 atom stereocenters. The van der Waals surface area contributed by atoms with Crippen LogP contribution in [0.3, 0.4) is 0 Å². The van der Waals surface area contributed by atoms with Crippen LogP contribution < -0.4 is 5.32 Å². The van der Waals surface area contributed by atoms with Gasteiger partial charge in [0.15, 0.2) is 5.65 Å². The first-order chi connectivity index (χ1) is 17.4. The quantitative estimate of drug-likeness (QED) is 0.300. The van der Waals surface area contributed by atoms with Gasteiger partial charge < -0.3 is 10.2 Å². The fourth-order valence-corrected chi connectivity index (χ4v) is 5.36. The number of fused-ring (bicyclic) bond motifs is 1. The molecule has 1 fully saturated rings. The number of aromatic nitrogens is 3. The summed E-state index contributed by atoms with van der Waals surface area (Å²) in [5.41, 5.74) is 4.24. The van der Waals surface area contributed by atoms with E-state index in [1.807, 2.05) is 58.9 Å². The van der Waals surface area contributed by atoms with Crippen molar-refractivity contribution in [1.82, 2.24) is 19.5 Å². The summed E-state index contributed by atoms with van der Waals surface area (Å²) in [7, 11) is 0. The number of nitrogens with one attached hydrogen (secondary N) is 1. The molecule has 2 aromatic heterocycles. The maximum Gasteiger partial charge on any atom is 0.227 e. The van der Waals surface area contributed by atoms with E-state index >= 15 is 0 Å². The zero-order chi connectivity index (χ0) is 25.2. The SMILES string of the molecule is Cc1cnn2c(NCC3CCCN(C(=O)Cc4ccc(Cl)cc4Cl)C3)cc(-c3ccccc3Cl)nc12. The average Bonchev–Trinajstić information content (AvgIpc) is 3.25. The number of carbonyl (C=O) groups excluding carboxylic acids is 1. The van der Waals surface area contributed by atoms with Gasteiger partial charge in [-0.3, -0.25) is 4.79 Å². The molecule has 3 heterocycles. The predicted molar refractivity (Wildman–Crippen MR) is 146 cm³/mol. The molecule has 1 N–H and O–H groups in total. The van der Waals surface area contributed by atoms with Crippen molar-refractivity contribution in [3.8, 4) is 11.3 Å². The summed E-state index contributed by atoms with van der Waals surface area (Å²) in [6.07, 6.45) is 4.09. The van der Waals surface area contributed by atoms with Crippen LogP contribution in [-0.4, -0.2) is 45.0 Å². The second kappa shape index (κ2) is 10.7. The number of likely N-dealkylation sites (tertiary alicyclic amines) is 1. The first-order valence-electron chi connectivity index (χ1n) is 11.9. The van der Waals surface area contributed by atoms with Gasteiger partial charge in [-0.2, -0.15) is 9.61 Å². The third-order valence-electron chi connectivity index (χ3n) is 6.60. The van der Waals surface area contributed by atoms with E-state index in [-0.39, 0.29) is 12.3 Å². The number of halogens is 3. The molecule has 5 rings (SSSR count). The van der Waals surface area contributed by atoms with E-state index < -0.39 is 0 Å². The normalized spacial score (nSPS) is 15.9. The van der Waals surface area contributed by atoms with Gasteiger partial charge in [0.2, 0.25) is 5.91 Å². The van der Waals surface area contributed by atoms with Gasteiger partial charge in [0.05, 0.1) is 18.3 Å². The van der Waals surface area contributed by atoms with Gasteiger partial charge in [-0.25, -0.2) is 4.98 Å². The molecule has 1 aliphatic rings. The zero-order valence-electron chi connectivity index (χ0n) is 19.8. The topological polar surface area (TPSA) is 62.5 Å². The highest BCUT2D eigenvalue weighted by Gasteiger charge is 2.24. The van der Waals surface area contributed by atoms with E-state index in [1.54, 1.807) is 12.1 Å². The highest BCUT2D eigenvalue weighted by Crippen LogP contribution is 2.30. The third kappa shape index (κ3) is 5.31. The summed E-state index contributed by atoms with van der Waals surface area (Å²) in [4.78, 5) is 19.8. The monoisotopic (exact) mass is 541 g/mol. The van der Waals surface area contributed by atoms with Crippen LogP contribution >= 0.6 is 34.8 Å². The van der Waals surface area contributed by atoms with Crippen LogP contribution in [0.4, 0.5) is 5.82 Å². The molecule has 0 aliphatic carbocycles.